The molecule has 2 aliphatic rings. The lowest BCUT2D eigenvalue weighted by Crippen LogP contribution is -2.38. The average molecular weight is 272 g/mol. The number of fused-ring (bicyclic) bond motifs is 2. The Morgan fingerprint density at radius 3 is 2.65 bits per heavy atom. The van der Waals surface area contributed by atoms with Gasteiger partial charge in [-0.25, -0.2) is 0 Å². The van der Waals surface area contributed by atoms with E-state index in [1.54, 1.807) is 0 Å². The van der Waals surface area contributed by atoms with Crippen LogP contribution in [0.2, 0.25) is 0 Å². The van der Waals surface area contributed by atoms with E-state index in [9.17, 15) is 4.79 Å². The standard InChI is InChI=1S/C17H24N2O/c1-11(13-4-6-15(18)7-5-13)8-17(20)19-16-10-12-2-3-14(16)9-12/h4-7,11-12,14,16H,2-3,8-10,18H2,1H3,(H,19,20). The fourth-order valence-electron chi connectivity index (χ4n) is 3.91. The molecule has 2 fully saturated rings. The second-order valence-electron chi connectivity index (χ2n) is 6.62. The molecule has 20 heavy (non-hydrogen) atoms. The molecule has 4 atom stereocenters. The molecule has 108 valence electrons. The number of amides is 1. The van der Waals surface area contributed by atoms with Gasteiger partial charge in [-0.2, -0.15) is 0 Å². The van der Waals surface area contributed by atoms with Crippen molar-refractivity contribution in [1.29, 1.82) is 0 Å². The Balaban J connectivity index is 1.52. The van der Waals surface area contributed by atoms with E-state index >= 15 is 0 Å². The van der Waals surface area contributed by atoms with Crippen LogP contribution in [0.4, 0.5) is 5.69 Å². The summed E-state index contributed by atoms with van der Waals surface area (Å²) in [7, 11) is 0. The predicted molar refractivity (Wildman–Crippen MR) is 81.3 cm³/mol. The maximum atomic E-state index is 12.2. The first-order chi connectivity index (χ1) is 9.61. The zero-order valence-corrected chi connectivity index (χ0v) is 12.1. The van der Waals surface area contributed by atoms with E-state index in [1.807, 2.05) is 24.3 Å². The van der Waals surface area contributed by atoms with Crippen molar-refractivity contribution in [3.05, 3.63) is 29.8 Å². The number of carbonyl (C=O) groups is 1. The maximum Gasteiger partial charge on any atom is 0.220 e. The fourth-order valence-corrected chi connectivity index (χ4v) is 3.91. The average Bonchev–Trinajstić information content (AvgIpc) is 3.01. The summed E-state index contributed by atoms with van der Waals surface area (Å²) < 4.78 is 0. The van der Waals surface area contributed by atoms with Crippen molar-refractivity contribution in [2.24, 2.45) is 11.8 Å². The number of carbonyl (C=O) groups excluding carboxylic acids is 1. The second kappa shape index (κ2) is 5.47. The van der Waals surface area contributed by atoms with Gasteiger partial charge in [-0.05, 0) is 54.7 Å². The molecule has 0 heterocycles. The molecule has 4 unspecified atom stereocenters. The van der Waals surface area contributed by atoms with E-state index in [4.69, 9.17) is 5.73 Å². The molecule has 3 N–H and O–H groups in total. The first-order valence-electron chi connectivity index (χ1n) is 7.76. The highest BCUT2D eigenvalue weighted by molar-refractivity contribution is 5.77. The third kappa shape index (κ3) is 2.82. The number of benzene rings is 1. The maximum absolute atomic E-state index is 12.2. The molecular weight excluding hydrogens is 248 g/mol. The van der Waals surface area contributed by atoms with E-state index in [-0.39, 0.29) is 11.8 Å². The summed E-state index contributed by atoms with van der Waals surface area (Å²) in [5, 5.41) is 3.26. The Hall–Kier alpha value is -1.51. The first kappa shape index (κ1) is 13.5. The number of nitrogens with two attached hydrogens (primary N) is 1. The number of anilines is 1. The molecular formula is C17H24N2O. The molecule has 3 rings (SSSR count). The minimum Gasteiger partial charge on any atom is -0.399 e. The molecule has 0 spiro atoms. The molecule has 3 heteroatoms. The van der Waals surface area contributed by atoms with Crippen LogP contribution in [0.15, 0.2) is 24.3 Å². The smallest absolute Gasteiger partial charge is 0.220 e. The predicted octanol–water partition coefficient (Wildman–Crippen LogP) is 3.07. The van der Waals surface area contributed by atoms with Crippen LogP contribution in [-0.2, 0) is 4.79 Å². The highest BCUT2D eigenvalue weighted by Gasteiger charge is 2.40. The summed E-state index contributed by atoms with van der Waals surface area (Å²) in [6.45, 7) is 2.10. The molecule has 0 aromatic heterocycles. The van der Waals surface area contributed by atoms with Gasteiger partial charge in [-0.1, -0.05) is 25.5 Å². The van der Waals surface area contributed by atoms with E-state index < -0.39 is 0 Å². The molecule has 1 aromatic rings. The first-order valence-corrected chi connectivity index (χ1v) is 7.76. The fraction of sp³-hybridized carbons (Fsp3) is 0.588. The summed E-state index contributed by atoms with van der Waals surface area (Å²) in [5.74, 6) is 2.07. The minimum atomic E-state index is 0.201. The zero-order valence-electron chi connectivity index (χ0n) is 12.1. The Morgan fingerprint density at radius 2 is 2.05 bits per heavy atom. The quantitative estimate of drug-likeness (QED) is 0.828. The van der Waals surface area contributed by atoms with Crippen LogP contribution >= 0.6 is 0 Å². The third-order valence-corrected chi connectivity index (χ3v) is 5.08. The summed E-state index contributed by atoms with van der Waals surface area (Å²) in [4.78, 5) is 12.2. The van der Waals surface area contributed by atoms with Crippen LogP contribution in [0.25, 0.3) is 0 Å². The molecule has 2 bridgehead atoms. The number of nitrogen functional groups attached to an aromatic ring is 1. The molecule has 3 nitrogen and oxygen atoms in total. The molecule has 1 amide bonds. The lowest BCUT2D eigenvalue weighted by Gasteiger charge is -2.23. The monoisotopic (exact) mass is 272 g/mol. The van der Waals surface area contributed by atoms with Gasteiger partial charge in [0.15, 0.2) is 0 Å². The van der Waals surface area contributed by atoms with Crippen molar-refractivity contribution in [1.82, 2.24) is 5.32 Å². The van der Waals surface area contributed by atoms with Crippen molar-refractivity contribution >= 4 is 11.6 Å². The van der Waals surface area contributed by atoms with Crippen LogP contribution < -0.4 is 11.1 Å². The van der Waals surface area contributed by atoms with Gasteiger partial charge >= 0.3 is 0 Å². The molecule has 0 radical (unpaired) electrons. The lowest BCUT2D eigenvalue weighted by molar-refractivity contribution is -0.122. The Morgan fingerprint density at radius 1 is 1.30 bits per heavy atom. The van der Waals surface area contributed by atoms with E-state index in [0.717, 1.165) is 17.5 Å². The largest absolute Gasteiger partial charge is 0.399 e. The summed E-state index contributed by atoms with van der Waals surface area (Å²) in [6.07, 6.45) is 5.78. The number of hydrogen-bond acceptors (Lipinski definition) is 2. The SMILES string of the molecule is CC(CC(=O)NC1CC2CCC1C2)c1ccc(N)cc1. The van der Waals surface area contributed by atoms with Gasteiger partial charge in [0, 0.05) is 18.2 Å². The van der Waals surface area contributed by atoms with Crippen LogP contribution in [0.3, 0.4) is 0 Å². The van der Waals surface area contributed by atoms with Gasteiger partial charge in [0.1, 0.15) is 0 Å². The summed E-state index contributed by atoms with van der Waals surface area (Å²) in [5.41, 5.74) is 7.65. The van der Waals surface area contributed by atoms with Crippen LogP contribution in [0.5, 0.6) is 0 Å². The molecule has 0 saturated heterocycles. The van der Waals surface area contributed by atoms with E-state index in [1.165, 1.54) is 31.2 Å². The van der Waals surface area contributed by atoms with Crippen LogP contribution in [-0.4, -0.2) is 11.9 Å². The normalized spacial score (nSPS) is 29.4. The Bertz CT molecular complexity index is 482. The lowest BCUT2D eigenvalue weighted by atomic mass is 9.94. The Labute approximate surface area is 120 Å². The Kier molecular flexibility index (Phi) is 3.68. The number of rotatable bonds is 4. The van der Waals surface area contributed by atoms with Crippen molar-refractivity contribution in [2.45, 2.75) is 51.0 Å². The van der Waals surface area contributed by atoms with Gasteiger partial charge in [0.25, 0.3) is 0 Å². The topological polar surface area (TPSA) is 55.1 Å². The summed E-state index contributed by atoms with van der Waals surface area (Å²) in [6, 6.07) is 8.29. The van der Waals surface area contributed by atoms with E-state index in [2.05, 4.69) is 12.2 Å². The highest BCUT2D eigenvalue weighted by atomic mass is 16.1. The second-order valence-corrected chi connectivity index (χ2v) is 6.62. The van der Waals surface area contributed by atoms with Gasteiger partial charge < -0.3 is 11.1 Å². The number of hydrogen-bond donors (Lipinski definition) is 2. The van der Waals surface area contributed by atoms with Gasteiger partial charge in [-0.3, -0.25) is 4.79 Å². The van der Waals surface area contributed by atoms with Gasteiger partial charge in [0.2, 0.25) is 5.91 Å². The van der Waals surface area contributed by atoms with Crippen molar-refractivity contribution < 1.29 is 4.79 Å². The van der Waals surface area contributed by atoms with E-state index in [0.29, 0.717) is 12.5 Å². The molecule has 0 aliphatic heterocycles. The molecule has 1 aromatic carbocycles. The minimum absolute atomic E-state index is 0.201. The molecule has 2 aliphatic carbocycles. The van der Waals surface area contributed by atoms with Crippen molar-refractivity contribution in [3.63, 3.8) is 0 Å². The van der Waals surface area contributed by atoms with Crippen molar-refractivity contribution in [2.75, 3.05) is 5.73 Å². The number of nitrogens with one attached hydrogen (secondary N) is 1. The van der Waals surface area contributed by atoms with Crippen LogP contribution in [0.1, 0.15) is 50.5 Å². The van der Waals surface area contributed by atoms with Gasteiger partial charge in [-0.15, -0.1) is 0 Å². The molecule has 2 saturated carbocycles. The summed E-state index contributed by atoms with van der Waals surface area (Å²) >= 11 is 0. The highest BCUT2D eigenvalue weighted by Crippen LogP contribution is 2.44. The van der Waals surface area contributed by atoms with Gasteiger partial charge in [0.05, 0.1) is 0 Å². The van der Waals surface area contributed by atoms with Crippen LogP contribution in [0, 0.1) is 11.8 Å². The third-order valence-electron chi connectivity index (χ3n) is 5.08. The zero-order chi connectivity index (χ0) is 14.1. The van der Waals surface area contributed by atoms with Crippen molar-refractivity contribution in [3.8, 4) is 0 Å².